The van der Waals surface area contributed by atoms with Crippen molar-refractivity contribution in [1.82, 2.24) is 18.3 Å². The maximum Gasteiger partial charge on any atom is 0.218 e. The summed E-state index contributed by atoms with van der Waals surface area (Å²) in [5.41, 5.74) is 23.8. The van der Waals surface area contributed by atoms with Crippen LogP contribution < -0.4 is 5.73 Å². The summed E-state index contributed by atoms with van der Waals surface area (Å²) in [6, 6.07) is 113. The minimum Gasteiger partial charge on any atom is -0.396 e. The second-order valence-corrected chi connectivity index (χ2v) is 26.4. The Morgan fingerprint density at radius 2 is 0.635 bits per heavy atom. The molecule has 0 aliphatic heterocycles. The summed E-state index contributed by atoms with van der Waals surface area (Å²) < 4.78 is 8.81. The highest BCUT2D eigenvalue weighted by atomic mass is 35.5. The topological polar surface area (TPSA) is 144 Å². The Morgan fingerprint density at radius 1 is 0.327 bits per heavy atom. The summed E-state index contributed by atoms with van der Waals surface area (Å²) in [7, 11) is 0. The van der Waals surface area contributed by atoms with Crippen LogP contribution >= 0.6 is 11.6 Å². The zero-order valence-corrected chi connectivity index (χ0v) is 58.6. The Balaban J connectivity index is 0.000000123. The van der Waals surface area contributed by atoms with Gasteiger partial charge in [0.15, 0.2) is 0 Å². The molecular formula is C93H84ClN5O5. The molecule has 0 aliphatic carbocycles. The molecule has 12 aromatic carbocycles. The van der Waals surface area contributed by atoms with Gasteiger partial charge in [0, 0.05) is 130 Å². The average molecular weight is 1390 g/mol. The third kappa shape index (κ3) is 16.0. The van der Waals surface area contributed by atoms with Gasteiger partial charge in [-0.05, 0) is 142 Å². The van der Waals surface area contributed by atoms with Crippen LogP contribution in [0.1, 0.15) is 87.4 Å². The van der Waals surface area contributed by atoms with Gasteiger partial charge in [0.05, 0.1) is 28.7 Å². The Hall–Kier alpha value is -11.6. The fourth-order valence-electron chi connectivity index (χ4n) is 14.6. The second-order valence-electron chi connectivity index (χ2n) is 26.0. The first-order valence-electron chi connectivity index (χ1n) is 35.5. The number of carbonyl (C=O) groups is 1. The lowest BCUT2D eigenvalue weighted by atomic mass is 9.81. The molecule has 4 heterocycles. The highest BCUT2D eigenvalue weighted by Gasteiger charge is 2.29. The number of aliphatic hydroxyl groups excluding tert-OH is 4. The van der Waals surface area contributed by atoms with Crippen LogP contribution in [-0.4, -0.2) is 71.0 Å². The molecule has 16 aromatic rings. The van der Waals surface area contributed by atoms with Crippen molar-refractivity contribution >= 4 is 61.1 Å². The van der Waals surface area contributed by atoms with Crippen LogP contribution in [-0.2, 0) is 4.79 Å². The number of benzene rings is 12. The van der Waals surface area contributed by atoms with Crippen LogP contribution in [0.4, 0.5) is 0 Å². The van der Waals surface area contributed by atoms with Crippen LogP contribution in [0.5, 0.6) is 0 Å². The summed E-state index contributed by atoms with van der Waals surface area (Å²) in [6.07, 6.45) is 10.7. The molecule has 0 fully saturated rings. The summed E-state index contributed by atoms with van der Waals surface area (Å²) in [5, 5.41) is 44.7. The minimum absolute atomic E-state index is 0.0461. The predicted octanol–water partition coefficient (Wildman–Crippen LogP) is 19.9. The molecule has 0 spiro atoms. The maximum absolute atomic E-state index is 11.8. The standard InChI is InChI=1S/C24H23NO2.C24H23NO.C23H20N2O.C22H18ClNO/c26-16-19(17-27)24(18-9-3-1-4-10-18)22-15-25(20-11-5-2-6-12-20)23-14-8-7-13-21(22)23;26-17-9-15-21(19-10-3-1-4-11-19)23-18-25(20-12-5-2-6-13-20)24-16-8-7-14-22(23)24;24-23(26)15-20(17-9-3-1-4-10-17)21-16-25(18-11-5-2-6-12-18)22-14-8-7-13-19(21)22;23-17-11-12-22-19(13-17)20(14-24(22)18-9-5-2-6-10-18)21(15-25)16-7-3-1-4-8-16/h1-15,19,24,26-27H,16-17H2;1-8,10-14,16,18,21,26H,9,15,17H2;1-14,16,20H,15H2,(H2,24,26);1-14,21,25H,15H2. The third-order valence-electron chi connectivity index (χ3n) is 19.6. The van der Waals surface area contributed by atoms with Crippen LogP contribution in [0.2, 0.25) is 5.02 Å². The molecule has 0 radical (unpaired) electrons. The van der Waals surface area contributed by atoms with Crippen molar-refractivity contribution in [2.75, 3.05) is 26.4 Å². The number of fused-ring (bicyclic) bond motifs is 4. The zero-order valence-electron chi connectivity index (χ0n) is 57.8. The number of aromatic nitrogens is 4. The average Bonchev–Trinajstić information content (AvgIpc) is 1.64. The van der Waals surface area contributed by atoms with Crippen molar-refractivity contribution in [2.24, 2.45) is 11.7 Å². The molecule has 1 amide bonds. The number of halogens is 1. The van der Waals surface area contributed by atoms with Gasteiger partial charge in [-0.25, -0.2) is 0 Å². The van der Waals surface area contributed by atoms with E-state index in [-0.39, 0.29) is 68.3 Å². The summed E-state index contributed by atoms with van der Waals surface area (Å²) in [6.45, 7) is 0.132. The van der Waals surface area contributed by atoms with Crippen molar-refractivity contribution in [3.05, 3.63) is 408 Å². The van der Waals surface area contributed by atoms with Crippen LogP contribution in [0.3, 0.4) is 0 Å². The van der Waals surface area contributed by atoms with Gasteiger partial charge in [0.2, 0.25) is 5.91 Å². The minimum atomic E-state index is -0.296. The first-order chi connectivity index (χ1) is 51.2. The number of hydrogen-bond donors (Lipinski definition) is 5. The van der Waals surface area contributed by atoms with Crippen LogP contribution in [0.25, 0.3) is 66.4 Å². The van der Waals surface area contributed by atoms with E-state index in [1.165, 1.54) is 27.7 Å². The number of nitrogens with two attached hydrogens (primary N) is 1. The molecule has 4 aromatic heterocycles. The predicted molar refractivity (Wildman–Crippen MR) is 426 cm³/mol. The molecule has 0 saturated carbocycles. The SMILES string of the molecule is NC(=O)CC(c1ccccc1)c1cn(-c2ccccc2)c2ccccc12.OCC(CO)C(c1ccccc1)c1cn(-c2ccccc2)c2ccccc12.OCC(c1ccccc1)c1cn(-c2ccccc2)c2ccc(Cl)cc12.OCCCC(c1ccccc1)c1cn(-c2ccccc2)c2ccccc12. The lowest BCUT2D eigenvalue weighted by molar-refractivity contribution is -0.118. The lowest BCUT2D eigenvalue weighted by Crippen LogP contribution is -2.21. The largest absolute Gasteiger partial charge is 0.396 e. The summed E-state index contributed by atoms with van der Waals surface area (Å²) in [4.78, 5) is 11.8. The van der Waals surface area contributed by atoms with Gasteiger partial charge in [-0.3, -0.25) is 4.79 Å². The van der Waals surface area contributed by atoms with E-state index < -0.39 is 0 Å². The van der Waals surface area contributed by atoms with E-state index in [1.54, 1.807) is 0 Å². The summed E-state index contributed by atoms with van der Waals surface area (Å²) >= 11 is 6.27. The zero-order chi connectivity index (χ0) is 71.6. The number of hydrogen-bond acceptors (Lipinski definition) is 5. The van der Waals surface area contributed by atoms with Gasteiger partial charge in [-0.2, -0.15) is 0 Å². The van der Waals surface area contributed by atoms with Crippen molar-refractivity contribution < 1.29 is 25.2 Å². The number of amides is 1. The van der Waals surface area contributed by atoms with E-state index in [4.69, 9.17) is 17.3 Å². The van der Waals surface area contributed by atoms with E-state index in [9.17, 15) is 25.2 Å². The fraction of sp³-hybridized carbons (Fsp3) is 0.129. The van der Waals surface area contributed by atoms with Gasteiger partial charge in [-0.1, -0.05) is 260 Å². The molecule has 4 unspecified atom stereocenters. The van der Waals surface area contributed by atoms with E-state index >= 15 is 0 Å². The van der Waals surface area contributed by atoms with Gasteiger partial charge in [-0.15, -0.1) is 0 Å². The van der Waals surface area contributed by atoms with E-state index in [1.807, 2.05) is 158 Å². The molecule has 0 saturated heterocycles. The van der Waals surface area contributed by atoms with Gasteiger partial charge in [0.25, 0.3) is 0 Å². The van der Waals surface area contributed by atoms with Crippen LogP contribution in [0.15, 0.2) is 358 Å². The van der Waals surface area contributed by atoms with Gasteiger partial charge in [0.1, 0.15) is 0 Å². The molecule has 518 valence electrons. The Kier molecular flexibility index (Phi) is 23.4. The highest BCUT2D eigenvalue weighted by Crippen LogP contribution is 2.42. The molecule has 4 atom stereocenters. The van der Waals surface area contributed by atoms with Gasteiger partial charge < -0.3 is 44.4 Å². The molecule has 11 heteroatoms. The first-order valence-corrected chi connectivity index (χ1v) is 35.8. The number of nitrogens with zero attached hydrogens (tertiary/aromatic N) is 4. The molecular weight excluding hydrogens is 1300 g/mol. The van der Waals surface area contributed by atoms with Gasteiger partial charge >= 0.3 is 0 Å². The highest BCUT2D eigenvalue weighted by molar-refractivity contribution is 6.31. The second kappa shape index (κ2) is 34.4. The van der Waals surface area contributed by atoms with Crippen LogP contribution in [0, 0.1) is 5.92 Å². The van der Waals surface area contributed by atoms with E-state index in [0.29, 0.717) is 5.02 Å². The fourth-order valence-corrected chi connectivity index (χ4v) is 14.8. The monoisotopic (exact) mass is 1390 g/mol. The Bertz CT molecular complexity index is 5360. The number of aliphatic hydroxyl groups is 4. The number of rotatable bonds is 21. The molecule has 6 N–H and O–H groups in total. The van der Waals surface area contributed by atoms with Crippen molar-refractivity contribution in [2.45, 2.75) is 42.9 Å². The quantitative estimate of drug-likeness (QED) is 0.0487. The smallest absolute Gasteiger partial charge is 0.218 e. The Labute approximate surface area is 612 Å². The maximum atomic E-state index is 11.8. The lowest BCUT2D eigenvalue weighted by Gasteiger charge is -2.24. The Morgan fingerprint density at radius 3 is 1.01 bits per heavy atom. The van der Waals surface area contributed by atoms with Crippen molar-refractivity contribution in [3.8, 4) is 22.7 Å². The normalized spacial score (nSPS) is 12.4. The molecule has 0 bridgehead atoms. The molecule has 10 nitrogen and oxygen atoms in total. The first kappa shape index (κ1) is 70.8. The number of para-hydroxylation sites is 7. The number of carbonyl (C=O) groups excluding carboxylic acids is 1. The molecule has 104 heavy (non-hydrogen) atoms. The van der Waals surface area contributed by atoms with E-state index in [0.717, 1.165) is 96.0 Å². The van der Waals surface area contributed by atoms with Crippen molar-refractivity contribution in [3.63, 3.8) is 0 Å². The van der Waals surface area contributed by atoms with E-state index in [2.05, 4.69) is 219 Å². The van der Waals surface area contributed by atoms with Crippen molar-refractivity contribution in [1.29, 1.82) is 0 Å². The molecule has 0 aliphatic rings. The number of primary amides is 1. The third-order valence-corrected chi connectivity index (χ3v) is 19.8. The molecule has 16 rings (SSSR count). The summed E-state index contributed by atoms with van der Waals surface area (Å²) in [5.74, 6) is -0.525.